The fraction of sp³-hybridized carbons (Fsp3) is 0.381. The van der Waals surface area contributed by atoms with Crippen molar-refractivity contribution < 1.29 is 13.2 Å². The molecule has 0 bridgehead atoms. The van der Waals surface area contributed by atoms with E-state index in [1.165, 1.54) is 16.4 Å². The van der Waals surface area contributed by atoms with Crippen LogP contribution in [0.25, 0.3) is 0 Å². The van der Waals surface area contributed by atoms with Crippen molar-refractivity contribution in [1.29, 1.82) is 0 Å². The zero-order chi connectivity index (χ0) is 20.3. The molecule has 1 aliphatic rings. The molecule has 5 nitrogen and oxygen atoms in total. The Kier molecular flexibility index (Phi) is 6.43. The molecule has 1 heterocycles. The molecule has 2 aromatic carbocycles. The maximum Gasteiger partial charge on any atom is 0.243 e. The molecule has 0 aromatic heterocycles. The monoisotopic (exact) mass is 420 g/mol. The van der Waals surface area contributed by atoms with Crippen molar-refractivity contribution in [3.05, 3.63) is 64.7 Å². The quantitative estimate of drug-likeness (QED) is 0.796. The van der Waals surface area contributed by atoms with Gasteiger partial charge in [-0.25, -0.2) is 8.42 Å². The molecule has 1 N–H and O–H groups in total. The highest BCUT2D eigenvalue weighted by molar-refractivity contribution is 7.89. The number of amides is 1. The summed E-state index contributed by atoms with van der Waals surface area (Å²) < 4.78 is 27.2. The molecule has 2 unspecified atom stereocenters. The number of aryl methyl sites for hydroxylation is 1. The number of benzene rings is 2. The lowest BCUT2D eigenvalue weighted by Crippen LogP contribution is -2.45. The standard InChI is InChI=1S/C21H25ClN2O3S/c1-15-6-3-4-8-20(15)16(2)23-21(25)17-7-5-13-24(14-17)28(26,27)19-11-9-18(22)10-12-19/h3-4,6,8-12,16-17H,5,7,13-14H2,1-2H3,(H,23,25). The van der Waals surface area contributed by atoms with E-state index in [1.54, 1.807) is 12.1 Å². The maximum atomic E-state index is 12.9. The van der Waals surface area contributed by atoms with Crippen molar-refractivity contribution >= 4 is 27.5 Å². The second kappa shape index (κ2) is 8.64. The molecule has 2 aromatic rings. The number of nitrogens with zero attached hydrogens (tertiary/aromatic N) is 1. The maximum absolute atomic E-state index is 12.9. The lowest BCUT2D eigenvalue weighted by Gasteiger charge is -2.32. The summed E-state index contributed by atoms with van der Waals surface area (Å²) in [6, 6.07) is 13.9. The van der Waals surface area contributed by atoms with Gasteiger partial charge >= 0.3 is 0 Å². The number of hydrogen-bond donors (Lipinski definition) is 1. The van der Waals surface area contributed by atoms with Gasteiger partial charge in [-0.3, -0.25) is 4.79 Å². The van der Waals surface area contributed by atoms with E-state index in [2.05, 4.69) is 5.32 Å². The topological polar surface area (TPSA) is 66.5 Å². The Bertz CT molecular complexity index is 944. The smallest absolute Gasteiger partial charge is 0.243 e. The van der Waals surface area contributed by atoms with Crippen LogP contribution in [0.15, 0.2) is 53.4 Å². The SMILES string of the molecule is Cc1ccccc1C(C)NC(=O)C1CCCN(S(=O)(=O)c2ccc(Cl)cc2)C1. The van der Waals surface area contributed by atoms with Gasteiger partial charge in [-0.2, -0.15) is 4.31 Å². The second-order valence-corrected chi connectivity index (χ2v) is 9.62. The fourth-order valence-electron chi connectivity index (χ4n) is 3.61. The fourth-order valence-corrected chi connectivity index (χ4v) is 5.26. The first-order valence-electron chi connectivity index (χ1n) is 9.40. The molecule has 0 aliphatic carbocycles. The van der Waals surface area contributed by atoms with E-state index in [-0.39, 0.29) is 29.3 Å². The van der Waals surface area contributed by atoms with Crippen LogP contribution in [-0.4, -0.2) is 31.7 Å². The first kappa shape index (κ1) is 20.8. The number of hydrogen-bond acceptors (Lipinski definition) is 3. The summed E-state index contributed by atoms with van der Waals surface area (Å²) >= 11 is 5.86. The van der Waals surface area contributed by atoms with Gasteiger partial charge < -0.3 is 5.32 Å². The van der Waals surface area contributed by atoms with Crippen LogP contribution in [-0.2, 0) is 14.8 Å². The molecule has 7 heteroatoms. The van der Waals surface area contributed by atoms with Gasteiger partial charge in [0.15, 0.2) is 0 Å². The van der Waals surface area contributed by atoms with Crippen molar-refractivity contribution in [2.24, 2.45) is 5.92 Å². The van der Waals surface area contributed by atoms with Crippen LogP contribution in [0.4, 0.5) is 0 Å². The molecule has 1 saturated heterocycles. The predicted octanol–water partition coefficient (Wildman–Crippen LogP) is 3.93. The molecule has 150 valence electrons. The summed E-state index contributed by atoms with van der Waals surface area (Å²) in [5.74, 6) is -0.464. The predicted molar refractivity (Wildman–Crippen MR) is 111 cm³/mol. The number of rotatable bonds is 5. The van der Waals surface area contributed by atoms with Gasteiger partial charge in [0.05, 0.1) is 16.9 Å². The molecule has 1 amide bonds. The average Bonchev–Trinajstić information content (AvgIpc) is 2.68. The van der Waals surface area contributed by atoms with E-state index in [4.69, 9.17) is 11.6 Å². The summed E-state index contributed by atoms with van der Waals surface area (Å²) in [7, 11) is -3.64. The molecule has 1 aliphatic heterocycles. The summed E-state index contributed by atoms with van der Waals surface area (Å²) in [4.78, 5) is 13.0. The Labute approximate surface area is 171 Å². The van der Waals surface area contributed by atoms with E-state index in [0.717, 1.165) is 11.1 Å². The number of halogens is 1. The van der Waals surface area contributed by atoms with Gasteiger partial charge in [0.1, 0.15) is 0 Å². The third-order valence-corrected chi connectivity index (χ3v) is 7.35. The minimum absolute atomic E-state index is 0.105. The van der Waals surface area contributed by atoms with Crippen molar-refractivity contribution in [2.75, 3.05) is 13.1 Å². The molecule has 0 spiro atoms. The van der Waals surface area contributed by atoms with Crippen molar-refractivity contribution in [3.8, 4) is 0 Å². The minimum atomic E-state index is -3.64. The highest BCUT2D eigenvalue weighted by atomic mass is 35.5. The van der Waals surface area contributed by atoms with E-state index in [1.807, 2.05) is 38.1 Å². The van der Waals surface area contributed by atoms with Gasteiger partial charge in [0, 0.05) is 18.1 Å². The third-order valence-electron chi connectivity index (χ3n) is 5.22. The molecular weight excluding hydrogens is 396 g/mol. The largest absolute Gasteiger partial charge is 0.349 e. The van der Waals surface area contributed by atoms with Crippen LogP contribution in [0, 0.1) is 12.8 Å². The zero-order valence-corrected chi connectivity index (χ0v) is 17.6. The van der Waals surface area contributed by atoms with E-state index in [9.17, 15) is 13.2 Å². The Morgan fingerprint density at radius 2 is 1.86 bits per heavy atom. The Morgan fingerprint density at radius 1 is 1.18 bits per heavy atom. The first-order valence-corrected chi connectivity index (χ1v) is 11.2. The Morgan fingerprint density at radius 3 is 2.54 bits per heavy atom. The second-order valence-electron chi connectivity index (χ2n) is 7.24. The van der Waals surface area contributed by atoms with E-state index < -0.39 is 10.0 Å². The van der Waals surface area contributed by atoms with Gasteiger partial charge in [0.25, 0.3) is 0 Å². The number of piperidine rings is 1. The van der Waals surface area contributed by atoms with Gasteiger partial charge in [0.2, 0.25) is 15.9 Å². The van der Waals surface area contributed by atoms with Gasteiger partial charge in [-0.05, 0) is 62.1 Å². The van der Waals surface area contributed by atoms with Crippen molar-refractivity contribution in [1.82, 2.24) is 9.62 Å². The van der Waals surface area contributed by atoms with E-state index in [0.29, 0.717) is 24.4 Å². The van der Waals surface area contributed by atoms with Crippen molar-refractivity contribution in [3.63, 3.8) is 0 Å². The summed E-state index contributed by atoms with van der Waals surface area (Å²) in [6.45, 7) is 4.57. The number of carbonyl (C=O) groups excluding carboxylic acids is 1. The summed E-state index contributed by atoms with van der Waals surface area (Å²) in [5, 5.41) is 3.53. The zero-order valence-electron chi connectivity index (χ0n) is 16.1. The Hall–Kier alpha value is -1.89. The Balaban J connectivity index is 1.69. The summed E-state index contributed by atoms with van der Waals surface area (Å²) in [5.41, 5.74) is 2.18. The van der Waals surface area contributed by atoms with Crippen LogP contribution in [0.5, 0.6) is 0 Å². The minimum Gasteiger partial charge on any atom is -0.349 e. The van der Waals surface area contributed by atoms with Crippen LogP contribution < -0.4 is 5.32 Å². The first-order chi connectivity index (χ1) is 13.3. The highest BCUT2D eigenvalue weighted by Crippen LogP contribution is 2.26. The van der Waals surface area contributed by atoms with Crippen molar-refractivity contribution in [2.45, 2.75) is 37.6 Å². The van der Waals surface area contributed by atoms with Gasteiger partial charge in [-0.1, -0.05) is 35.9 Å². The molecule has 28 heavy (non-hydrogen) atoms. The molecule has 3 rings (SSSR count). The highest BCUT2D eigenvalue weighted by Gasteiger charge is 2.33. The molecule has 2 atom stereocenters. The molecule has 1 fully saturated rings. The number of sulfonamides is 1. The molecular formula is C21H25ClN2O3S. The van der Waals surface area contributed by atoms with Gasteiger partial charge in [-0.15, -0.1) is 0 Å². The lowest BCUT2D eigenvalue weighted by atomic mass is 9.97. The third kappa shape index (κ3) is 4.57. The van der Waals surface area contributed by atoms with Crippen LogP contribution in [0.3, 0.4) is 0 Å². The van der Waals surface area contributed by atoms with Crippen LogP contribution in [0.2, 0.25) is 5.02 Å². The van der Waals surface area contributed by atoms with Crippen LogP contribution in [0.1, 0.15) is 36.9 Å². The molecule has 0 saturated carbocycles. The van der Waals surface area contributed by atoms with E-state index >= 15 is 0 Å². The number of nitrogens with one attached hydrogen (secondary N) is 1. The number of carbonyl (C=O) groups is 1. The summed E-state index contributed by atoms with van der Waals surface area (Å²) in [6.07, 6.45) is 1.34. The van der Waals surface area contributed by atoms with Crippen LogP contribution >= 0.6 is 11.6 Å². The lowest BCUT2D eigenvalue weighted by molar-refractivity contribution is -0.126. The average molecular weight is 421 g/mol. The normalized spacial score (nSPS) is 19.2. The molecule has 0 radical (unpaired) electrons.